The van der Waals surface area contributed by atoms with E-state index in [0.717, 1.165) is 23.4 Å². The lowest BCUT2D eigenvalue weighted by Crippen LogP contribution is -2.41. The smallest absolute Gasteiger partial charge is 0.295 e. The van der Waals surface area contributed by atoms with Gasteiger partial charge in [0.2, 0.25) is 0 Å². The summed E-state index contributed by atoms with van der Waals surface area (Å²) in [7, 11) is 3.94. The summed E-state index contributed by atoms with van der Waals surface area (Å²) in [6.45, 7) is 3.09. The lowest BCUT2D eigenvalue weighted by atomic mass is 9.89. The second kappa shape index (κ2) is 9.01. The molecule has 6 heteroatoms. The maximum atomic E-state index is 13.1. The van der Waals surface area contributed by atoms with Crippen LogP contribution in [0, 0.1) is 0 Å². The number of nitrogens with zero attached hydrogens (tertiary/aromatic N) is 2. The van der Waals surface area contributed by atoms with Crippen molar-refractivity contribution in [3.63, 3.8) is 0 Å². The predicted molar refractivity (Wildman–Crippen MR) is 124 cm³/mol. The summed E-state index contributed by atoms with van der Waals surface area (Å²) in [5.74, 6) is -0.640. The van der Waals surface area contributed by atoms with Crippen LogP contribution in [-0.4, -0.2) is 65.9 Å². The molecular weight excluding hydrogens is 404 g/mol. The first kappa shape index (κ1) is 21.8. The summed E-state index contributed by atoms with van der Waals surface area (Å²) in [6, 6.07) is 15.9. The number of rotatable bonds is 6. The Morgan fingerprint density at radius 1 is 1.06 bits per heavy atom. The van der Waals surface area contributed by atoms with Gasteiger partial charge in [0, 0.05) is 17.7 Å². The number of ether oxygens (including phenoxy) is 1. The Bertz CT molecular complexity index is 1090. The van der Waals surface area contributed by atoms with Crippen LogP contribution >= 0.6 is 0 Å². The van der Waals surface area contributed by atoms with E-state index in [1.807, 2.05) is 62.3 Å². The Labute approximate surface area is 188 Å². The second-order valence-corrected chi connectivity index (χ2v) is 8.46. The molecular formula is C26H28N2O4. The average molecular weight is 433 g/mol. The van der Waals surface area contributed by atoms with E-state index in [-0.39, 0.29) is 17.4 Å². The summed E-state index contributed by atoms with van der Waals surface area (Å²) in [6.07, 6.45) is 2.33. The minimum Gasteiger partial charge on any atom is -0.507 e. The van der Waals surface area contributed by atoms with Crippen LogP contribution in [0.2, 0.25) is 0 Å². The van der Waals surface area contributed by atoms with Gasteiger partial charge in [-0.25, -0.2) is 0 Å². The molecule has 0 unspecified atom stereocenters. The van der Waals surface area contributed by atoms with Crippen molar-refractivity contribution in [1.82, 2.24) is 9.80 Å². The fourth-order valence-electron chi connectivity index (χ4n) is 4.33. The fraction of sp³-hybridized carbons (Fsp3) is 0.308. The summed E-state index contributed by atoms with van der Waals surface area (Å²) in [4.78, 5) is 29.8. The number of ketones is 1. The molecule has 0 radical (unpaired) electrons. The van der Waals surface area contributed by atoms with Crippen LogP contribution in [0.1, 0.15) is 24.5 Å². The van der Waals surface area contributed by atoms with E-state index in [1.54, 1.807) is 29.2 Å². The molecule has 2 aliphatic heterocycles. The van der Waals surface area contributed by atoms with Crippen LogP contribution in [0.3, 0.4) is 0 Å². The standard InChI is InChI=1S/C26H28N2O4/c1-17-20(16-19-12-7-8-13-21(19)32-17)23-22(24(29)18-10-5-4-6-11-18)25(30)26(31)28(23)15-9-14-27(2)3/h4-8,10-13,16-17,23,29H,9,14-15H2,1-3H3/t17-,23+/m0/s1. The fourth-order valence-corrected chi connectivity index (χ4v) is 4.33. The number of amides is 1. The molecule has 1 saturated heterocycles. The van der Waals surface area contributed by atoms with E-state index in [0.29, 0.717) is 18.5 Å². The molecule has 6 nitrogen and oxygen atoms in total. The Hall–Kier alpha value is -3.38. The number of hydrogen-bond donors (Lipinski definition) is 1. The monoisotopic (exact) mass is 432 g/mol. The van der Waals surface area contributed by atoms with Crippen LogP contribution in [0.4, 0.5) is 0 Å². The number of benzene rings is 2. The number of fused-ring (bicyclic) bond motifs is 1. The third-order valence-corrected chi connectivity index (χ3v) is 5.92. The summed E-state index contributed by atoms with van der Waals surface area (Å²) in [5.41, 5.74) is 2.30. The van der Waals surface area contributed by atoms with Gasteiger partial charge in [-0.3, -0.25) is 9.59 Å². The third kappa shape index (κ3) is 4.06. The number of carbonyl (C=O) groups excluding carboxylic acids is 2. The van der Waals surface area contributed by atoms with Crippen molar-refractivity contribution >= 4 is 23.5 Å². The number of likely N-dealkylation sites (tertiary alicyclic amines) is 1. The number of Topliss-reactive ketones (excluding diaryl/α,β-unsaturated/α-hetero) is 1. The minimum absolute atomic E-state index is 0.118. The largest absolute Gasteiger partial charge is 0.507 e. The van der Waals surface area contributed by atoms with Gasteiger partial charge in [0.25, 0.3) is 11.7 Å². The molecule has 2 atom stereocenters. The quantitative estimate of drug-likeness (QED) is 0.430. The molecule has 2 aromatic rings. The van der Waals surface area contributed by atoms with Crippen LogP contribution in [0.15, 0.2) is 65.7 Å². The van der Waals surface area contributed by atoms with Crippen molar-refractivity contribution in [3.8, 4) is 5.75 Å². The summed E-state index contributed by atoms with van der Waals surface area (Å²) in [5, 5.41) is 11.1. The maximum absolute atomic E-state index is 13.1. The second-order valence-electron chi connectivity index (χ2n) is 8.46. The molecule has 0 spiro atoms. The van der Waals surface area contributed by atoms with Gasteiger partial charge in [0.05, 0.1) is 11.6 Å². The number of para-hydroxylation sites is 1. The van der Waals surface area contributed by atoms with Gasteiger partial charge >= 0.3 is 0 Å². The first-order valence-corrected chi connectivity index (χ1v) is 10.8. The topological polar surface area (TPSA) is 70.1 Å². The highest BCUT2D eigenvalue weighted by molar-refractivity contribution is 6.47. The predicted octanol–water partition coefficient (Wildman–Crippen LogP) is 3.55. The zero-order valence-corrected chi connectivity index (χ0v) is 18.6. The lowest BCUT2D eigenvalue weighted by Gasteiger charge is -2.33. The number of aliphatic hydroxyl groups is 1. The third-order valence-electron chi connectivity index (χ3n) is 5.92. The Kier molecular flexibility index (Phi) is 6.15. The molecule has 2 aromatic carbocycles. The molecule has 0 aliphatic carbocycles. The summed E-state index contributed by atoms with van der Waals surface area (Å²) >= 11 is 0. The van der Waals surface area contributed by atoms with E-state index < -0.39 is 17.7 Å². The molecule has 1 N–H and O–H groups in total. The molecule has 0 saturated carbocycles. The normalized spacial score (nSPS) is 22.0. The number of aliphatic hydroxyl groups excluding tert-OH is 1. The molecule has 32 heavy (non-hydrogen) atoms. The van der Waals surface area contributed by atoms with Crippen molar-refractivity contribution in [2.24, 2.45) is 0 Å². The molecule has 2 heterocycles. The molecule has 4 rings (SSSR count). The Morgan fingerprint density at radius 3 is 2.47 bits per heavy atom. The van der Waals surface area contributed by atoms with Crippen LogP contribution in [-0.2, 0) is 9.59 Å². The highest BCUT2D eigenvalue weighted by atomic mass is 16.5. The van der Waals surface area contributed by atoms with Gasteiger partial charge < -0.3 is 19.6 Å². The molecule has 0 bridgehead atoms. The maximum Gasteiger partial charge on any atom is 0.295 e. The highest BCUT2D eigenvalue weighted by Gasteiger charge is 2.48. The zero-order chi connectivity index (χ0) is 22.8. The zero-order valence-electron chi connectivity index (χ0n) is 18.6. The Balaban J connectivity index is 1.83. The number of hydrogen-bond acceptors (Lipinski definition) is 5. The van der Waals surface area contributed by atoms with Gasteiger partial charge in [0.15, 0.2) is 0 Å². The average Bonchev–Trinajstić information content (AvgIpc) is 3.03. The van der Waals surface area contributed by atoms with E-state index in [2.05, 4.69) is 0 Å². The molecule has 1 amide bonds. The first-order valence-electron chi connectivity index (χ1n) is 10.8. The van der Waals surface area contributed by atoms with Crippen molar-refractivity contribution in [1.29, 1.82) is 0 Å². The van der Waals surface area contributed by atoms with Crippen molar-refractivity contribution in [2.75, 3.05) is 27.2 Å². The minimum atomic E-state index is -0.680. The molecule has 0 aromatic heterocycles. The van der Waals surface area contributed by atoms with E-state index in [1.165, 1.54) is 0 Å². The van der Waals surface area contributed by atoms with Crippen molar-refractivity contribution in [2.45, 2.75) is 25.5 Å². The summed E-state index contributed by atoms with van der Waals surface area (Å²) < 4.78 is 6.12. The first-order chi connectivity index (χ1) is 15.4. The van der Waals surface area contributed by atoms with Crippen LogP contribution in [0.25, 0.3) is 11.8 Å². The van der Waals surface area contributed by atoms with Crippen molar-refractivity contribution < 1.29 is 19.4 Å². The lowest BCUT2D eigenvalue weighted by molar-refractivity contribution is -0.139. The van der Waals surface area contributed by atoms with E-state index in [9.17, 15) is 14.7 Å². The Morgan fingerprint density at radius 2 is 1.75 bits per heavy atom. The molecule has 166 valence electrons. The van der Waals surface area contributed by atoms with Gasteiger partial charge in [-0.05, 0) is 51.7 Å². The van der Waals surface area contributed by atoms with Crippen LogP contribution in [0.5, 0.6) is 5.75 Å². The SMILES string of the molecule is C[C@@H]1Oc2ccccc2C=C1[C@@H]1C(=C(O)c2ccccc2)C(=O)C(=O)N1CCCN(C)C. The van der Waals surface area contributed by atoms with E-state index in [4.69, 9.17) is 4.74 Å². The van der Waals surface area contributed by atoms with Crippen molar-refractivity contribution in [3.05, 3.63) is 76.9 Å². The van der Waals surface area contributed by atoms with E-state index >= 15 is 0 Å². The van der Waals surface area contributed by atoms with Gasteiger partial charge in [-0.2, -0.15) is 0 Å². The molecule has 1 fully saturated rings. The highest BCUT2D eigenvalue weighted by Crippen LogP contribution is 2.39. The van der Waals surface area contributed by atoms with Gasteiger partial charge in [-0.1, -0.05) is 48.5 Å². The van der Waals surface area contributed by atoms with Crippen LogP contribution < -0.4 is 4.74 Å². The number of carbonyl (C=O) groups is 2. The molecule has 2 aliphatic rings. The van der Waals surface area contributed by atoms with Gasteiger partial charge in [0.1, 0.15) is 17.6 Å². The van der Waals surface area contributed by atoms with Gasteiger partial charge in [-0.15, -0.1) is 0 Å².